The van der Waals surface area contributed by atoms with E-state index in [1.165, 1.54) is 53.5 Å². The highest BCUT2D eigenvalue weighted by Crippen LogP contribution is 2.44. The van der Waals surface area contributed by atoms with Gasteiger partial charge in [-0.2, -0.15) is 0 Å². The minimum Gasteiger partial charge on any atom is -0.508 e. The van der Waals surface area contributed by atoms with Gasteiger partial charge in [-0.15, -0.1) is 0 Å². The molecule has 1 saturated heterocycles. The molecule has 4 aromatic rings. The van der Waals surface area contributed by atoms with E-state index in [0.29, 0.717) is 16.1 Å². The van der Waals surface area contributed by atoms with Gasteiger partial charge in [0, 0.05) is 10.6 Å². The Balaban J connectivity index is 1.73. The smallest absolute Gasteiger partial charge is 0.301 e. The van der Waals surface area contributed by atoms with Gasteiger partial charge in [-0.3, -0.25) is 14.5 Å². The van der Waals surface area contributed by atoms with E-state index in [1.807, 2.05) is 0 Å². The van der Waals surface area contributed by atoms with Crippen molar-refractivity contribution in [1.29, 1.82) is 0 Å². The van der Waals surface area contributed by atoms with Crippen molar-refractivity contribution < 1.29 is 24.2 Å². The number of phenolic OH excluding ortho intramolecular Hbond substituents is 1. The van der Waals surface area contributed by atoms with Crippen LogP contribution in [0.15, 0.2) is 66.2 Å². The number of amides is 1. The standard InChI is InChI=1S/C25H16ClFN2O4S/c1-12-10-14(4-8-17(12)27)22(31)20-21(13-2-6-16(30)7-3-13)29(24(33)23(20)32)25-28-18-9-5-15(26)11-19(18)34-25/h2-11,21,30-31H,1H3/b22-20+. The first-order valence-electron chi connectivity index (χ1n) is 10.2. The number of fused-ring (bicyclic) bond motifs is 1. The maximum atomic E-state index is 13.8. The number of hydrogen-bond donors (Lipinski definition) is 2. The average Bonchev–Trinajstić information content (AvgIpc) is 3.33. The molecule has 34 heavy (non-hydrogen) atoms. The number of Topliss-reactive ketones (excluding diaryl/α,β-unsaturated/α-hetero) is 1. The van der Waals surface area contributed by atoms with Crippen molar-refractivity contribution in [1.82, 2.24) is 4.98 Å². The molecule has 1 aliphatic heterocycles. The number of carbonyl (C=O) groups excluding carboxylic acids is 2. The lowest BCUT2D eigenvalue weighted by Gasteiger charge is -2.23. The van der Waals surface area contributed by atoms with Crippen LogP contribution in [-0.4, -0.2) is 26.9 Å². The number of carbonyl (C=O) groups is 2. The third-order valence-electron chi connectivity index (χ3n) is 5.63. The van der Waals surface area contributed by atoms with Crippen LogP contribution in [0.25, 0.3) is 16.0 Å². The average molecular weight is 495 g/mol. The monoisotopic (exact) mass is 494 g/mol. The lowest BCUT2D eigenvalue weighted by Crippen LogP contribution is -2.29. The number of aromatic hydroxyl groups is 1. The van der Waals surface area contributed by atoms with Gasteiger partial charge in [0.05, 0.1) is 21.8 Å². The summed E-state index contributed by atoms with van der Waals surface area (Å²) in [6, 6.07) is 14.0. The molecule has 1 aliphatic rings. The molecule has 0 aliphatic carbocycles. The number of ketones is 1. The number of rotatable bonds is 3. The number of aliphatic hydroxyl groups is 1. The fraction of sp³-hybridized carbons (Fsp3) is 0.0800. The number of nitrogens with zero attached hydrogens (tertiary/aromatic N) is 2. The lowest BCUT2D eigenvalue weighted by molar-refractivity contribution is -0.132. The first-order chi connectivity index (χ1) is 16.2. The van der Waals surface area contributed by atoms with Gasteiger partial charge in [-0.05, 0) is 66.6 Å². The van der Waals surface area contributed by atoms with Crippen molar-refractivity contribution >= 4 is 55.7 Å². The van der Waals surface area contributed by atoms with Gasteiger partial charge in [-0.25, -0.2) is 9.37 Å². The molecule has 0 saturated carbocycles. The molecule has 1 fully saturated rings. The summed E-state index contributed by atoms with van der Waals surface area (Å²) in [6.07, 6.45) is 0. The van der Waals surface area contributed by atoms with E-state index in [2.05, 4.69) is 4.98 Å². The Hall–Kier alpha value is -3.75. The number of aromatic nitrogens is 1. The SMILES string of the molecule is Cc1cc(/C(O)=C2\C(=O)C(=O)N(c3nc4ccc(Cl)cc4s3)C2c2ccc(O)cc2)ccc1F. The van der Waals surface area contributed by atoms with Gasteiger partial charge in [0.1, 0.15) is 17.3 Å². The number of benzene rings is 3. The van der Waals surface area contributed by atoms with E-state index < -0.39 is 29.3 Å². The summed E-state index contributed by atoms with van der Waals surface area (Å²) < 4.78 is 14.5. The second-order valence-electron chi connectivity index (χ2n) is 7.83. The van der Waals surface area contributed by atoms with Crippen molar-refractivity contribution in [2.45, 2.75) is 13.0 Å². The van der Waals surface area contributed by atoms with Gasteiger partial charge in [0.15, 0.2) is 5.13 Å². The molecule has 170 valence electrons. The predicted octanol–water partition coefficient (Wildman–Crippen LogP) is 5.73. The Bertz CT molecular complexity index is 1510. The largest absolute Gasteiger partial charge is 0.508 e. The first-order valence-corrected chi connectivity index (χ1v) is 11.4. The zero-order chi connectivity index (χ0) is 24.1. The van der Waals surface area contributed by atoms with Crippen LogP contribution >= 0.6 is 22.9 Å². The molecule has 1 atom stereocenters. The van der Waals surface area contributed by atoms with E-state index in [9.17, 15) is 24.2 Å². The van der Waals surface area contributed by atoms with Crippen LogP contribution in [-0.2, 0) is 9.59 Å². The molecule has 2 heterocycles. The quantitative estimate of drug-likeness (QED) is 0.216. The van der Waals surface area contributed by atoms with Crippen LogP contribution in [0, 0.1) is 12.7 Å². The fourth-order valence-electron chi connectivity index (χ4n) is 3.94. The normalized spacial score (nSPS) is 17.6. The van der Waals surface area contributed by atoms with E-state index in [0.717, 1.165) is 4.70 Å². The molecule has 1 amide bonds. The highest BCUT2D eigenvalue weighted by Gasteiger charge is 2.48. The van der Waals surface area contributed by atoms with Crippen LogP contribution in [0.5, 0.6) is 5.75 Å². The topological polar surface area (TPSA) is 90.7 Å². The molecular formula is C25H16ClFN2O4S. The third-order valence-corrected chi connectivity index (χ3v) is 6.88. The number of aliphatic hydroxyl groups excluding tert-OH is 1. The highest BCUT2D eigenvalue weighted by molar-refractivity contribution is 7.22. The second-order valence-corrected chi connectivity index (χ2v) is 9.28. The molecule has 0 spiro atoms. The number of halogens is 2. The Morgan fingerprint density at radius 1 is 1.09 bits per heavy atom. The number of anilines is 1. The van der Waals surface area contributed by atoms with Crippen molar-refractivity contribution in [3.63, 3.8) is 0 Å². The first kappa shape index (κ1) is 22.1. The maximum Gasteiger partial charge on any atom is 0.301 e. The third kappa shape index (κ3) is 3.61. The zero-order valence-electron chi connectivity index (χ0n) is 17.6. The maximum absolute atomic E-state index is 13.8. The van der Waals surface area contributed by atoms with E-state index in [4.69, 9.17) is 11.6 Å². The van der Waals surface area contributed by atoms with Crippen molar-refractivity contribution in [2.75, 3.05) is 4.90 Å². The fourth-order valence-corrected chi connectivity index (χ4v) is 5.21. The van der Waals surface area contributed by atoms with Crippen LogP contribution in [0.3, 0.4) is 0 Å². The second kappa shape index (κ2) is 8.23. The molecule has 3 aromatic carbocycles. The van der Waals surface area contributed by atoms with Crippen molar-refractivity contribution in [2.24, 2.45) is 0 Å². The molecule has 1 aromatic heterocycles. The predicted molar refractivity (Wildman–Crippen MR) is 129 cm³/mol. The van der Waals surface area contributed by atoms with Crippen LogP contribution < -0.4 is 4.90 Å². The van der Waals surface area contributed by atoms with Crippen molar-refractivity contribution in [3.05, 3.63) is 93.8 Å². The summed E-state index contributed by atoms with van der Waals surface area (Å²) in [7, 11) is 0. The number of aryl methyl sites for hydroxylation is 1. The van der Waals surface area contributed by atoms with Gasteiger partial charge in [0.25, 0.3) is 5.78 Å². The van der Waals surface area contributed by atoms with E-state index >= 15 is 0 Å². The highest BCUT2D eigenvalue weighted by atomic mass is 35.5. The summed E-state index contributed by atoms with van der Waals surface area (Å²) in [4.78, 5) is 32.2. The Morgan fingerprint density at radius 2 is 1.82 bits per heavy atom. The Morgan fingerprint density at radius 3 is 2.53 bits per heavy atom. The summed E-state index contributed by atoms with van der Waals surface area (Å²) >= 11 is 7.27. The summed E-state index contributed by atoms with van der Waals surface area (Å²) in [6.45, 7) is 1.54. The lowest BCUT2D eigenvalue weighted by atomic mass is 9.95. The molecule has 6 nitrogen and oxygen atoms in total. The van der Waals surface area contributed by atoms with Gasteiger partial charge >= 0.3 is 5.91 Å². The van der Waals surface area contributed by atoms with Gasteiger partial charge in [0.2, 0.25) is 0 Å². The molecule has 1 unspecified atom stereocenters. The van der Waals surface area contributed by atoms with E-state index in [1.54, 1.807) is 30.3 Å². The van der Waals surface area contributed by atoms with Gasteiger partial charge in [-0.1, -0.05) is 35.1 Å². The van der Waals surface area contributed by atoms with Crippen LogP contribution in [0.4, 0.5) is 9.52 Å². The Kier molecular flexibility index (Phi) is 5.34. The molecule has 0 radical (unpaired) electrons. The minimum atomic E-state index is -1.01. The number of phenols is 1. The molecular weight excluding hydrogens is 479 g/mol. The molecule has 0 bridgehead atoms. The number of hydrogen-bond acceptors (Lipinski definition) is 6. The Labute approximate surface area is 202 Å². The van der Waals surface area contributed by atoms with Crippen LogP contribution in [0.1, 0.15) is 22.7 Å². The molecule has 9 heteroatoms. The summed E-state index contributed by atoms with van der Waals surface area (Å²) in [5.41, 5.74) is 1.41. The molecule has 5 rings (SSSR count). The molecule has 2 N–H and O–H groups in total. The van der Waals surface area contributed by atoms with Crippen LogP contribution in [0.2, 0.25) is 5.02 Å². The minimum absolute atomic E-state index is 0.00416. The van der Waals surface area contributed by atoms with E-state index in [-0.39, 0.29) is 27.6 Å². The summed E-state index contributed by atoms with van der Waals surface area (Å²) in [5, 5.41) is 21.6. The summed E-state index contributed by atoms with van der Waals surface area (Å²) in [5.74, 6) is -2.63. The van der Waals surface area contributed by atoms with Crippen molar-refractivity contribution in [3.8, 4) is 5.75 Å². The van der Waals surface area contributed by atoms with Gasteiger partial charge < -0.3 is 10.2 Å². The zero-order valence-corrected chi connectivity index (χ0v) is 19.2. The number of thiazole rings is 1.